The molecule has 0 fully saturated rings. The van der Waals surface area contributed by atoms with E-state index in [2.05, 4.69) is 21.2 Å². The number of anilines is 1. The van der Waals surface area contributed by atoms with Crippen molar-refractivity contribution in [1.29, 1.82) is 0 Å². The van der Waals surface area contributed by atoms with Crippen molar-refractivity contribution in [2.24, 2.45) is 0 Å². The van der Waals surface area contributed by atoms with Crippen LogP contribution in [0.5, 0.6) is 11.5 Å². The Hall–Kier alpha value is -1.39. The Labute approximate surface area is 144 Å². The average molecular weight is 385 g/mol. The molecule has 0 amide bonds. The monoisotopic (exact) mass is 383 g/mol. The third-order valence-electron chi connectivity index (χ3n) is 3.24. The largest absolute Gasteiger partial charge is 0.492 e. The molecular weight excluding hydrogens is 366 g/mol. The second-order valence-corrected chi connectivity index (χ2v) is 6.12. The third kappa shape index (κ3) is 4.08. The Morgan fingerprint density at radius 1 is 1.23 bits per heavy atom. The first kappa shape index (κ1) is 17.0. The van der Waals surface area contributed by atoms with Crippen molar-refractivity contribution >= 4 is 33.2 Å². The van der Waals surface area contributed by atoms with Gasteiger partial charge in [0.25, 0.3) is 0 Å². The van der Waals surface area contributed by atoms with Crippen molar-refractivity contribution in [3.63, 3.8) is 0 Å². The number of nitrogens with one attached hydrogen (secondary N) is 1. The summed E-state index contributed by atoms with van der Waals surface area (Å²) in [6.07, 6.45) is 0. The van der Waals surface area contributed by atoms with Crippen LogP contribution in [-0.4, -0.2) is 13.7 Å². The molecule has 3 nitrogen and oxygen atoms in total. The molecule has 2 rings (SSSR count). The summed E-state index contributed by atoms with van der Waals surface area (Å²) < 4.78 is 11.9. The van der Waals surface area contributed by atoms with Crippen LogP contribution in [0, 0.1) is 6.92 Å². The lowest BCUT2D eigenvalue weighted by molar-refractivity contribution is 0.309. The number of aryl methyl sites for hydroxylation is 1. The minimum absolute atomic E-state index is 0.591. The number of hydrogen-bond donors (Lipinski definition) is 1. The molecule has 0 bridgehead atoms. The van der Waals surface area contributed by atoms with Crippen LogP contribution in [0.15, 0.2) is 34.8 Å². The number of benzene rings is 2. The van der Waals surface area contributed by atoms with Crippen LogP contribution in [0.25, 0.3) is 0 Å². The van der Waals surface area contributed by atoms with Gasteiger partial charge in [-0.1, -0.05) is 17.7 Å². The molecule has 0 saturated heterocycles. The van der Waals surface area contributed by atoms with Gasteiger partial charge >= 0.3 is 0 Å². The number of hydrogen-bond acceptors (Lipinski definition) is 3. The van der Waals surface area contributed by atoms with Crippen LogP contribution in [0.4, 0.5) is 5.69 Å². The van der Waals surface area contributed by atoms with Crippen molar-refractivity contribution in [1.82, 2.24) is 0 Å². The van der Waals surface area contributed by atoms with Crippen molar-refractivity contribution in [2.75, 3.05) is 19.0 Å². The molecule has 2 aromatic rings. The first-order valence-electron chi connectivity index (χ1n) is 7.04. The summed E-state index contributed by atoms with van der Waals surface area (Å²) >= 11 is 9.66. The highest BCUT2D eigenvalue weighted by molar-refractivity contribution is 9.10. The first-order valence-corrected chi connectivity index (χ1v) is 8.21. The van der Waals surface area contributed by atoms with E-state index in [4.69, 9.17) is 21.1 Å². The lowest BCUT2D eigenvalue weighted by Gasteiger charge is -2.14. The van der Waals surface area contributed by atoms with Gasteiger partial charge in [0.15, 0.2) is 11.5 Å². The highest BCUT2D eigenvalue weighted by Crippen LogP contribution is 2.36. The van der Waals surface area contributed by atoms with Gasteiger partial charge in [0, 0.05) is 17.3 Å². The predicted molar refractivity (Wildman–Crippen MR) is 95.4 cm³/mol. The fourth-order valence-corrected chi connectivity index (χ4v) is 2.92. The molecule has 0 atom stereocenters. The Kier molecular flexibility index (Phi) is 5.98. The molecule has 0 saturated carbocycles. The number of methoxy groups -OCH3 is 1. The van der Waals surface area contributed by atoms with E-state index in [1.807, 2.05) is 44.2 Å². The lowest BCUT2D eigenvalue weighted by Crippen LogP contribution is -2.02. The van der Waals surface area contributed by atoms with Gasteiger partial charge in [-0.2, -0.15) is 0 Å². The molecule has 0 aromatic heterocycles. The molecule has 5 heteroatoms. The van der Waals surface area contributed by atoms with Crippen LogP contribution in [0.3, 0.4) is 0 Å². The zero-order valence-corrected chi connectivity index (χ0v) is 15.2. The first-order chi connectivity index (χ1) is 10.5. The minimum atomic E-state index is 0.591. The highest BCUT2D eigenvalue weighted by Gasteiger charge is 2.11. The summed E-state index contributed by atoms with van der Waals surface area (Å²) in [5.74, 6) is 1.45. The summed E-state index contributed by atoms with van der Waals surface area (Å²) in [6, 6.07) is 9.95. The molecule has 0 heterocycles. The van der Waals surface area contributed by atoms with Gasteiger partial charge in [-0.25, -0.2) is 0 Å². The molecule has 0 aliphatic heterocycles. The van der Waals surface area contributed by atoms with Gasteiger partial charge in [0.1, 0.15) is 0 Å². The highest BCUT2D eigenvalue weighted by atomic mass is 79.9. The van der Waals surface area contributed by atoms with Crippen molar-refractivity contribution in [2.45, 2.75) is 20.4 Å². The maximum absolute atomic E-state index is 6.14. The fourth-order valence-electron chi connectivity index (χ4n) is 2.09. The van der Waals surface area contributed by atoms with Crippen molar-refractivity contribution in [3.8, 4) is 11.5 Å². The number of rotatable bonds is 6. The zero-order valence-electron chi connectivity index (χ0n) is 12.9. The average Bonchev–Trinajstić information content (AvgIpc) is 2.49. The summed E-state index contributed by atoms with van der Waals surface area (Å²) in [5.41, 5.74) is 3.14. The van der Waals surface area contributed by atoms with E-state index in [1.54, 1.807) is 7.11 Å². The summed E-state index contributed by atoms with van der Waals surface area (Å²) in [6.45, 7) is 5.20. The molecule has 0 spiro atoms. The standard InChI is InChI=1S/C17H19BrClNO2/c1-4-22-16-8-12(7-14(18)17(16)21-3)10-20-13-6-5-11(2)15(19)9-13/h5-9,20H,4,10H2,1-3H3. The van der Waals surface area contributed by atoms with Gasteiger partial charge in [-0.15, -0.1) is 0 Å². The van der Waals surface area contributed by atoms with Crippen LogP contribution >= 0.6 is 27.5 Å². The number of ether oxygens (including phenoxy) is 2. The second-order valence-electron chi connectivity index (χ2n) is 4.86. The van der Waals surface area contributed by atoms with E-state index in [-0.39, 0.29) is 0 Å². The SMILES string of the molecule is CCOc1cc(CNc2ccc(C)c(Cl)c2)cc(Br)c1OC. The van der Waals surface area contributed by atoms with Crippen molar-refractivity contribution in [3.05, 3.63) is 51.0 Å². The quantitative estimate of drug-likeness (QED) is 0.720. The summed E-state index contributed by atoms with van der Waals surface area (Å²) in [4.78, 5) is 0. The normalized spacial score (nSPS) is 10.4. The molecule has 0 aliphatic rings. The van der Waals surface area contributed by atoms with Gasteiger partial charge in [-0.05, 0) is 65.2 Å². The van der Waals surface area contributed by atoms with Gasteiger partial charge in [0.05, 0.1) is 18.2 Å². The molecule has 0 radical (unpaired) electrons. The van der Waals surface area contributed by atoms with E-state index in [9.17, 15) is 0 Å². The van der Waals surface area contributed by atoms with Gasteiger partial charge < -0.3 is 14.8 Å². The third-order valence-corrected chi connectivity index (χ3v) is 4.24. The minimum Gasteiger partial charge on any atom is -0.492 e. The summed E-state index contributed by atoms with van der Waals surface area (Å²) in [5, 5.41) is 4.12. The van der Waals surface area contributed by atoms with Gasteiger partial charge in [0.2, 0.25) is 0 Å². The Morgan fingerprint density at radius 2 is 2.00 bits per heavy atom. The molecule has 1 N–H and O–H groups in total. The molecule has 2 aromatic carbocycles. The second kappa shape index (κ2) is 7.75. The van der Waals surface area contributed by atoms with E-state index in [1.165, 1.54) is 0 Å². The fraction of sp³-hybridized carbons (Fsp3) is 0.294. The molecular formula is C17H19BrClNO2. The lowest BCUT2D eigenvalue weighted by atomic mass is 10.2. The molecule has 0 unspecified atom stereocenters. The maximum atomic E-state index is 6.14. The van der Waals surface area contributed by atoms with E-state index >= 15 is 0 Å². The van der Waals surface area contributed by atoms with Crippen LogP contribution < -0.4 is 14.8 Å². The Balaban J connectivity index is 2.17. The topological polar surface area (TPSA) is 30.5 Å². The predicted octanol–water partition coefficient (Wildman–Crippen LogP) is 5.43. The Morgan fingerprint density at radius 3 is 2.64 bits per heavy atom. The number of halogens is 2. The van der Waals surface area contributed by atoms with Crippen LogP contribution in [0.1, 0.15) is 18.1 Å². The van der Waals surface area contributed by atoms with Crippen molar-refractivity contribution < 1.29 is 9.47 Å². The molecule has 22 heavy (non-hydrogen) atoms. The van der Waals surface area contributed by atoms with E-state index < -0.39 is 0 Å². The smallest absolute Gasteiger partial charge is 0.174 e. The Bertz CT molecular complexity index is 661. The van der Waals surface area contributed by atoms with E-state index in [0.717, 1.165) is 32.1 Å². The molecule has 0 aliphatic carbocycles. The van der Waals surface area contributed by atoms with Gasteiger partial charge in [-0.3, -0.25) is 0 Å². The van der Waals surface area contributed by atoms with E-state index in [0.29, 0.717) is 18.9 Å². The molecule has 118 valence electrons. The van der Waals surface area contributed by atoms with Crippen LogP contribution in [-0.2, 0) is 6.54 Å². The zero-order chi connectivity index (χ0) is 16.1. The summed E-state index contributed by atoms with van der Waals surface area (Å²) in [7, 11) is 1.63. The maximum Gasteiger partial charge on any atom is 0.174 e. The van der Waals surface area contributed by atoms with Crippen LogP contribution in [0.2, 0.25) is 5.02 Å².